The third kappa shape index (κ3) is 12.2. The minimum Gasteiger partial charge on any atom is -0.461 e. The van der Waals surface area contributed by atoms with Crippen molar-refractivity contribution in [3.8, 4) is 0 Å². The topological polar surface area (TPSA) is 136 Å². The van der Waals surface area contributed by atoms with Gasteiger partial charge in [-0.05, 0) is 24.0 Å². The van der Waals surface area contributed by atoms with Gasteiger partial charge >= 0.3 is 19.5 Å². The largest absolute Gasteiger partial charge is 0.461 e. The highest BCUT2D eigenvalue weighted by Crippen LogP contribution is 2.38. The Morgan fingerprint density at radius 2 is 1.39 bits per heavy atom. The quantitative estimate of drug-likeness (QED) is 0.228. The summed E-state index contributed by atoms with van der Waals surface area (Å²) >= 11 is 0. The van der Waals surface area contributed by atoms with Crippen molar-refractivity contribution in [3.63, 3.8) is 0 Å². The number of carbonyl (C=O) groups excluding carboxylic acids is 2. The first-order valence-electron chi connectivity index (χ1n) is 10.6. The van der Waals surface area contributed by atoms with Crippen molar-refractivity contribution < 1.29 is 33.4 Å². The van der Waals surface area contributed by atoms with Gasteiger partial charge in [-0.15, -0.1) is 0 Å². The van der Waals surface area contributed by atoms with Gasteiger partial charge in [-0.25, -0.2) is 0 Å². The molecule has 0 spiro atoms. The van der Waals surface area contributed by atoms with Crippen molar-refractivity contribution in [1.82, 2.24) is 0 Å². The van der Waals surface area contributed by atoms with Crippen LogP contribution in [0.5, 0.6) is 0 Å². The molecular formula is C24H30NO7P. The fourth-order valence-electron chi connectivity index (χ4n) is 3.10. The van der Waals surface area contributed by atoms with Gasteiger partial charge < -0.3 is 25.0 Å². The zero-order chi connectivity index (χ0) is 24.1. The average Bonchev–Trinajstić information content (AvgIpc) is 2.76. The molecule has 1 atom stereocenters. The molecule has 178 valence electrons. The summed E-state index contributed by atoms with van der Waals surface area (Å²) in [5.41, 5.74) is 8.09. The molecule has 0 aromatic heterocycles. The number of nitrogens with two attached hydrogens (primary N) is 1. The van der Waals surface area contributed by atoms with Crippen LogP contribution in [0.2, 0.25) is 0 Å². The summed E-state index contributed by atoms with van der Waals surface area (Å²) in [6.45, 7) is 0.289. The fourth-order valence-corrected chi connectivity index (χ4v) is 3.89. The molecule has 0 aliphatic carbocycles. The SMILES string of the molecule is NC(/C=C(\CCCC(=O)OCc1ccccc1)CP(=O)(O)O)CC(=O)OCc1ccccc1. The highest BCUT2D eigenvalue weighted by molar-refractivity contribution is 7.52. The van der Waals surface area contributed by atoms with E-state index in [9.17, 15) is 23.9 Å². The van der Waals surface area contributed by atoms with E-state index in [0.29, 0.717) is 12.0 Å². The summed E-state index contributed by atoms with van der Waals surface area (Å²) in [7, 11) is -4.34. The molecule has 0 bridgehead atoms. The minimum atomic E-state index is -4.34. The summed E-state index contributed by atoms with van der Waals surface area (Å²) in [6, 6.07) is 17.7. The van der Waals surface area contributed by atoms with Gasteiger partial charge in [-0.1, -0.05) is 72.3 Å². The van der Waals surface area contributed by atoms with E-state index in [2.05, 4.69) is 0 Å². The van der Waals surface area contributed by atoms with E-state index in [1.54, 1.807) is 0 Å². The Labute approximate surface area is 193 Å². The lowest BCUT2D eigenvalue weighted by Crippen LogP contribution is -2.23. The summed E-state index contributed by atoms with van der Waals surface area (Å²) in [5, 5.41) is 0. The minimum absolute atomic E-state index is 0.0969. The lowest BCUT2D eigenvalue weighted by molar-refractivity contribution is -0.145. The van der Waals surface area contributed by atoms with Crippen molar-refractivity contribution in [3.05, 3.63) is 83.4 Å². The van der Waals surface area contributed by atoms with Crippen LogP contribution in [-0.4, -0.2) is 33.9 Å². The number of esters is 2. The summed E-state index contributed by atoms with van der Waals surface area (Å²) in [5.74, 6) is -0.911. The Kier molecular flexibility index (Phi) is 11.0. The van der Waals surface area contributed by atoms with Crippen LogP contribution in [0.4, 0.5) is 0 Å². The van der Waals surface area contributed by atoms with E-state index in [-0.39, 0.29) is 32.5 Å². The average molecular weight is 475 g/mol. The predicted octanol–water partition coefficient (Wildman–Crippen LogP) is 3.47. The molecule has 33 heavy (non-hydrogen) atoms. The Bertz CT molecular complexity index is 957. The highest BCUT2D eigenvalue weighted by atomic mass is 31.2. The van der Waals surface area contributed by atoms with Crippen LogP contribution >= 0.6 is 7.60 Å². The van der Waals surface area contributed by atoms with Gasteiger partial charge in [-0.3, -0.25) is 14.2 Å². The van der Waals surface area contributed by atoms with Gasteiger partial charge in [0.1, 0.15) is 13.2 Å². The molecule has 2 aromatic rings. The highest BCUT2D eigenvalue weighted by Gasteiger charge is 2.18. The molecular weight excluding hydrogens is 445 g/mol. The molecule has 0 saturated heterocycles. The van der Waals surface area contributed by atoms with Crippen molar-refractivity contribution in [1.29, 1.82) is 0 Å². The molecule has 1 unspecified atom stereocenters. The number of hydrogen-bond donors (Lipinski definition) is 3. The molecule has 8 nitrogen and oxygen atoms in total. The van der Waals surface area contributed by atoms with Crippen LogP contribution < -0.4 is 5.73 Å². The molecule has 0 aliphatic heterocycles. The Balaban J connectivity index is 1.81. The molecule has 4 N–H and O–H groups in total. The monoisotopic (exact) mass is 475 g/mol. The number of hydrogen-bond acceptors (Lipinski definition) is 6. The molecule has 9 heteroatoms. The van der Waals surface area contributed by atoms with E-state index < -0.39 is 31.7 Å². The van der Waals surface area contributed by atoms with Crippen molar-refractivity contribution in [2.24, 2.45) is 5.73 Å². The zero-order valence-electron chi connectivity index (χ0n) is 18.3. The summed E-state index contributed by atoms with van der Waals surface area (Å²) < 4.78 is 21.9. The van der Waals surface area contributed by atoms with E-state index in [1.807, 2.05) is 60.7 Å². The maximum absolute atomic E-state index is 12.0. The van der Waals surface area contributed by atoms with Gasteiger partial charge in [0.15, 0.2) is 0 Å². The summed E-state index contributed by atoms with van der Waals surface area (Å²) in [6.07, 6.45) is 1.54. The standard InChI is InChI=1S/C24H30NO7P/c25-22(15-24(27)32-17-20-10-5-2-6-11-20)14-21(18-33(28,29)30)12-7-13-23(26)31-16-19-8-3-1-4-9-19/h1-6,8-11,14,22H,7,12-13,15-18,25H2,(H2,28,29,30)/b21-14+. The molecule has 0 radical (unpaired) electrons. The lowest BCUT2D eigenvalue weighted by Gasteiger charge is -2.13. The fraction of sp³-hybridized carbons (Fsp3) is 0.333. The maximum Gasteiger partial charge on any atom is 0.329 e. The third-order valence-corrected chi connectivity index (χ3v) is 5.44. The van der Waals surface area contributed by atoms with Crippen LogP contribution in [-0.2, 0) is 36.8 Å². The van der Waals surface area contributed by atoms with E-state index in [4.69, 9.17) is 15.2 Å². The zero-order valence-corrected chi connectivity index (χ0v) is 19.2. The van der Waals surface area contributed by atoms with Crippen LogP contribution in [0.3, 0.4) is 0 Å². The second kappa shape index (κ2) is 13.7. The Morgan fingerprint density at radius 1 is 0.879 bits per heavy atom. The normalized spacial score (nSPS) is 12.8. The number of benzene rings is 2. The van der Waals surface area contributed by atoms with Gasteiger partial charge in [0.05, 0.1) is 12.6 Å². The second-order valence-electron chi connectivity index (χ2n) is 7.66. The van der Waals surface area contributed by atoms with Crippen molar-refractivity contribution in [2.75, 3.05) is 6.16 Å². The van der Waals surface area contributed by atoms with Crippen molar-refractivity contribution in [2.45, 2.75) is 44.9 Å². The smallest absolute Gasteiger partial charge is 0.329 e. The lowest BCUT2D eigenvalue weighted by atomic mass is 10.1. The van der Waals surface area contributed by atoms with Crippen LogP contribution in [0.25, 0.3) is 0 Å². The third-order valence-electron chi connectivity index (χ3n) is 4.63. The number of rotatable bonds is 13. The van der Waals surface area contributed by atoms with Gasteiger partial charge in [0, 0.05) is 12.5 Å². The number of ether oxygens (including phenoxy) is 2. The Hall–Kier alpha value is -2.77. The first-order valence-corrected chi connectivity index (χ1v) is 12.4. The van der Waals surface area contributed by atoms with Crippen LogP contribution in [0.1, 0.15) is 36.8 Å². The van der Waals surface area contributed by atoms with Gasteiger partial charge in [0.2, 0.25) is 0 Å². The second-order valence-corrected chi connectivity index (χ2v) is 9.31. The van der Waals surface area contributed by atoms with E-state index >= 15 is 0 Å². The molecule has 2 rings (SSSR count). The molecule has 2 aromatic carbocycles. The molecule has 0 aliphatic rings. The van der Waals surface area contributed by atoms with Crippen LogP contribution in [0, 0.1) is 0 Å². The predicted molar refractivity (Wildman–Crippen MR) is 124 cm³/mol. The number of carbonyl (C=O) groups is 2. The first kappa shape index (κ1) is 26.5. The maximum atomic E-state index is 12.0. The Morgan fingerprint density at radius 3 is 1.91 bits per heavy atom. The molecule has 0 fully saturated rings. The van der Waals surface area contributed by atoms with E-state index in [1.165, 1.54) is 6.08 Å². The molecule has 0 heterocycles. The van der Waals surface area contributed by atoms with Crippen LogP contribution in [0.15, 0.2) is 72.3 Å². The molecule has 0 amide bonds. The van der Waals surface area contributed by atoms with Crippen molar-refractivity contribution >= 4 is 19.5 Å². The molecule has 0 saturated carbocycles. The summed E-state index contributed by atoms with van der Waals surface area (Å²) in [4.78, 5) is 42.7. The van der Waals surface area contributed by atoms with Gasteiger partial charge in [0.25, 0.3) is 0 Å². The van der Waals surface area contributed by atoms with Gasteiger partial charge in [-0.2, -0.15) is 0 Å². The number of allylic oxidation sites excluding steroid dienone is 1. The van der Waals surface area contributed by atoms with E-state index in [0.717, 1.165) is 11.1 Å². The first-order chi connectivity index (χ1) is 15.7.